The van der Waals surface area contributed by atoms with Crippen LogP contribution in [-0.4, -0.2) is 36.6 Å². The van der Waals surface area contributed by atoms with E-state index in [1.165, 1.54) is 4.90 Å². The average Bonchev–Trinajstić information content (AvgIpc) is 2.28. The van der Waals surface area contributed by atoms with Gasteiger partial charge in [-0.05, 0) is 26.2 Å². The highest BCUT2D eigenvalue weighted by molar-refractivity contribution is 5.77. The molecule has 0 aromatic heterocycles. The molecule has 2 atom stereocenters. The average molecular weight is 210 g/mol. The molecule has 4 heteroatoms. The molecule has 0 N–H and O–H groups in total. The molecule has 0 saturated carbocycles. The summed E-state index contributed by atoms with van der Waals surface area (Å²) in [6.45, 7) is 2.48. The highest BCUT2D eigenvalue weighted by Gasteiger charge is 2.21. The van der Waals surface area contributed by atoms with Crippen LogP contribution in [0.4, 0.5) is 0 Å². The van der Waals surface area contributed by atoms with Crippen LogP contribution in [0.5, 0.6) is 0 Å². The van der Waals surface area contributed by atoms with Crippen LogP contribution >= 0.6 is 0 Å². The van der Waals surface area contributed by atoms with E-state index in [1.54, 1.807) is 14.0 Å². The molecule has 0 bridgehead atoms. The number of carbonyl (C=O) groups excluding carboxylic acids is 1. The Hall–Kier alpha value is -1.08. The van der Waals surface area contributed by atoms with Crippen molar-refractivity contribution in [1.29, 1.82) is 5.26 Å². The van der Waals surface area contributed by atoms with Crippen molar-refractivity contribution < 1.29 is 9.53 Å². The molecular formula is C11H18N2O2. The van der Waals surface area contributed by atoms with Crippen molar-refractivity contribution in [1.82, 2.24) is 4.90 Å². The van der Waals surface area contributed by atoms with Gasteiger partial charge in [-0.15, -0.1) is 0 Å². The Morgan fingerprint density at radius 1 is 1.67 bits per heavy atom. The number of amides is 1. The molecule has 0 aliphatic carbocycles. The lowest BCUT2D eigenvalue weighted by Gasteiger charge is -2.25. The second-order valence-electron chi connectivity index (χ2n) is 4.00. The second-order valence-corrected chi connectivity index (χ2v) is 4.00. The first-order valence-corrected chi connectivity index (χ1v) is 5.42. The topological polar surface area (TPSA) is 53.3 Å². The normalized spacial score (nSPS) is 22.9. The summed E-state index contributed by atoms with van der Waals surface area (Å²) in [4.78, 5) is 13.2. The molecule has 2 unspecified atom stereocenters. The summed E-state index contributed by atoms with van der Waals surface area (Å²) in [5, 5.41) is 8.68. The van der Waals surface area contributed by atoms with Gasteiger partial charge in [0.15, 0.2) is 0 Å². The molecule has 1 amide bonds. The van der Waals surface area contributed by atoms with Crippen LogP contribution < -0.4 is 0 Å². The smallest absolute Gasteiger partial charge is 0.225 e. The third-order valence-corrected chi connectivity index (χ3v) is 2.84. The molecule has 4 nitrogen and oxygen atoms in total. The molecule has 15 heavy (non-hydrogen) atoms. The van der Waals surface area contributed by atoms with Gasteiger partial charge >= 0.3 is 0 Å². The van der Waals surface area contributed by atoms with Gasteiger partial charge in [-0.25, -0.2) is 0 Å². The number of hydrogen-bond acceptors (Lipinski definition) is 3. The van der Waals surface area contributed by atoms with E-state index < -0.39 is 0 Å². The highest BCUT2D eigenvalue weighted by Crippen LogP contribution is 2.16. The zero-order valence-corrected chi connectivity index (χ0v) is 9.40. The number of hydrogen-bond donors (Lipinski definition) is 0. The van der Waals surface area contributed by atoms with E-state index in [4.69, 9.17) is 10.00 Å². The van der Waals surface area contributed by atoms with E-state index in [2.05, 4.69) is 0 Å². The van der Waals surface area contributed by atoms with Crippen LogP contribution in [0, 0.1) is 11.3 Å². The zero-order chi connectivity index (χ0) is 11.3. The van der Waals surface area contributed by atoms with Crippen LogP contribution in [0.2, 0.25) is 0 Å². The van der Waals surface area contributed by atoms with E-state index in [9.17, 15) is 4.79 Å². The summed E-state index contributed by atoms with van der Waals surface area (Å²) in [6.07, 6.45) is 3.65. The van der Waals surface area contributed by atoms with Gasteiger partial charge in [-0.2, -0.15) is 5.26 Å². The van der Waals surface area contributed by atoms with Gasteiger partial charge in [0.1, 0.15) is 6.04 Å². The molecule has 1 rings (SSSR count). The van der Waals surface area contributed by atoms with Crippen LogP contribution in [0.25, 0.3) is 0 Å². The summed E-state index contributed by atoms with van der Waals surface area (Å²) in [6, 6.07) is 1.69. The lowest BCUT2D eigenvalue weighted by Crippen LogP contribution is -2.37. The third kappa shape index (κ3) is 3.52. The van der Waals surface area contributed by atoms with Crippen molar-refractivity contribution >= 4 is 5.91 Å². The molecule has 0 aromatic rings. The summed E-state index contributed by atoms with van der Waals surface area (Å²) in [5.74, 6) is -0.00375. The van der Waals surface area contributed by atoms with Gasteiger partial charge in [-0.3, -0.25) is 4.79 Å². The molecule has 1 aliphatic rings. The molecule has 84 valence electrons. The summed E-state index contributed by atoms with van der Waals surface area (Å²) >= 11 is 0. The second kappa shape index (κ2) is 5.72. The number of nitriles is 1. The number of carbonyl (C=O) groups is 1. The van der Waals surface area contributed by atoms with Crippen molar-refractivity contribution in [3.63, 3.8) is 0 Å². The molecule has 1 heterocycles. The van der Waals surface area contributed by atoms with Crippen LogP contribution in [-0.2, 0) is 9.53 Å². The van der Waals surface area contributed by atoms with Crippen molar-refractivity contribution in [3.8, 4) is 6.07 Å². The number of ether oxygens (including phenoxy) is 1. The van der Waals surface area contributed by atoms with E-state index in [1.807, 2.05) is 6.07 Å². The van der Waals surface area contributed by atoms with Gasteiger partial charge in [0.25, 0.3) is 0 Å². The minimum atomic E-state index is -0.360. The zero-order valence-electron chi connectivity index (χ0n) is 9.40. The van der Waals surface area contributed by atoms with E-state index in [0.717, 1.165) is 25.9 Å². The fourth-order valence-electron chi connectivity index (χ4n) is 1.61. The monoisotopic (exact) mass is 210 g/mol. The van der Waals surface area contributed by atoms with E-state index in [-0.39, 0.29) is 18.1 Å². The standard InChI is InChI=1S/C11H18N2O2/c1-9(8-12)13(2)11(14)7-10-5-3-4-6-15-10/h9-10H,3-7H2,1-2H3. The first kappa shape index (κ1) is 12.0. The Bertz CT molecular complexity index is 254. The fourth-order valence-corrected chi connectivity index (χ4v) is 1.61. The first-order chi connectivity index (χ1) is 7.15. The Kier molecular flexibility index (Phi) is 4.57. The van der Waals surface area contributed by atoms with E-state index in [0.29, 0.717) is 6.42 Å². The van der Waals surface area contributed by atoms with Crippen molar-refractivity contribution in [2.24, 2.45) is 0 Å². The molecule has 1 fully saturated rings. The maximum absolute atomic E-state index is 11.7. The van der Waals surface area contributed by atoms with Crippen LogP contribution in [0.1, 0.15) is 32.6 Å². The maximum Gasteiger partial charge on any atom is 0.225 e. The lowest BCUT2D eigenvalue weighted by atomic mass is 10.1. The van der Waals surface area contributed by atoms with E-state index >= 15 is 0 Å². The summed E-state index contributed by atoms with van der Waals surface area (Å²) < 4.78 is 5.48. The molecule has 1 aliphatic heterocycles. The van der Waals surface area contributed by atoms with Crippen LogP contribution in [0.3, 0.4) is 0 Å². The maximum atomic E-state index is 11.7. The minimum absolute atomic E-state index is 0.00375. The van der Waals surface area contributed by atoms with Crippen molar-refractivity contribution in [3.05, 3.63) is 0 Å². The fraction of sp³-hybridized carbons (Fsp3) is 0.818. The van der Waals surface area contributed by atoms with Gasteiger partial charge in [0.05, 0.1) is 18.6 Å². The summed E-state index contributed by atoms with van der Waals surface area (Å²) in [7, 11) is 1.67. The predicted molar refractivity (Wildman–Crippen MR) is 56.1 cm³/mol. The Balaban J connectivity index is 2.37. The number of rotatable bonds is 3. The Morgan fingerprint density at radius 3 is 2.93 bits per heavy atom. The number of nitrogens with zero attached hydrogens (tertiary/aromatic N) is 2. The molecule has 1 saturated heterocycles. The Morgan fingerprint density at radius 2 is 2.40 bits per heavy atom. The molecule has 0 spiro atoms. The Labute approximate surface area is 90.8 Å². The van der Waals surface area contributed by atoms with Gasteiger partial charge in [0.2, 0.25) is 5.91 Å². The summed E-state index contributed by atoms with van der Waals surface area (Å²) in [5.41, 5.74) is 0. The molecule has 0 aromatic carbocycles. The highest BCUT2D eigenvalue weighted by atomic mass is 16.5. The minimum Gasteiger partial charge on any atom is -0.378 e. The van der Waals surface area contributed by atoms with Gasteiger partial charge in [-0.1, -0.05) is 0 Å². The lowest BCUT2D eigenvalue weighted by molar-refractivity contribution is -0.134. The third-order valence-electron chi connectivity index (χ3n) is 2.84. The quantitative estimate of drug-likeness (QED) is 0.705. The molecular weight excluding hydrogens is 192 g/mol. The van der Waals surface area contributed by atoms with Gasteiger partial charge in [0, 0.05) is 13.7 Å². The largest absolute Gasteiger partial charge is 0.378 e. The SMILES string of the molecule is CC(C#N)N(C)C(=O)CC1CCCCO1. The predicted octanol–water partition coefficient (Wildman–Crippen LogP) is 1.32. The van der Waals surface area contributed by atoms with Crippen molar-refractivity contribution in [2.75, 3.05) is 13.7 Å². The van der Waals surface area contributed by atoms with Crippen LogP contribution in [0.15, 0.2) is 0 Å². The molecule has 0 radical (unpaired) electrons. The van der Waals surface area contributed by atoms with Crippen molar-refractivity contribution in [2.45, 2.75) is 44.8 Å². The van der Waals surface area contributed by atoms with Gasteiger partial charge < -0.3 is 9.64 Å². The first-order valence-electron chi connectivity index (χ1n) is 5.42.